The quantitative estimate of drug-likeness (QED) is 0.413. The maximum Gasteiger partial charge on any atom is 0.230 e. The highest BCUT2D eigenvalue weighted by molar-refractivity contribution is 8.03. The molecule has 164 valence electrons. The van der Waals surface area contributed by atoms with Gasteiger partial charge in [-0.25, -0.2) is 0 Å². The second kappa shape index (κ2) is 10.6. The molecule has 0 aliphatic rings. The zero-order valence-electron chi connectivity index (χ0n) is 18.9. The number of thioether (sulfide) groups is 2. The van der Waals surface area contributed by atoms with Crippen molar-refractivity contribution in [3.8, 4) is 5.75 Å². The molecule has 0 radical (unpaired) electrons. The van der Waals surface area contributed by atoms with Gasteiger partial charge in [-0.2, -0.15) is 11.8 Å². The molecule has 0 unspecified atom stereocenters. The Hall–Kier alpha value is -1.66. The van der Waals surface area contributed by atoms with Crippen molar-refractivity contribution in [2.24, 2.45) is 0 Å². The zero-order chi connectivity index (χ0) is 22.4. The molecule has 1 amide bonds. The fourth-order valence-corrected chi connectivity index (χ4v) is 4.84. The SMILES string of the molecule is CC(C)(C)c1cc(SCCSCC(=O)NCc2ccccn2)cc(C(C)(C)C)c1O. The lowest BCUT2D eigenvalue weighted by Gasteiger charge is -2.28. The number of carbonyl (C=O) groups excluding carboxylic acids is 1. The van der Waals surface area contributed by atoms with Gasteiger partial charge in [0.15, 0.2) is 0 Å². The monoisotopic (exact) mass is 446 g/mol. The van der Waals surface area contributed by atoms with E-state index < -0.39 is 0 Å². The minimum atomic E-state index is -0.124. The van der Waals surface area contributed by atoms with Crippen LogP contribution in [0.4, 0.5) is 0 Å². The second-order valence-electron chi connectivity index (χ2n) is 9.37. The fraction of sp³-hybridized carbons (Fsp3) is 0.500. The Morgan fingerprint density at radius 3 is 2.20 bits per heavy atom. The van der Waals surface area contributed by atoms with Crippen molar-refractivity contribution in [1.82, 2.24) is 10.3 Å². The Bertz CT molecular complexity index is 806. The largest absolute Gasteiger partial charge is 0.507 e. The average Bonchev–Trinajstić information content (AvgIpc) is 2.66. The molecule has 1 heterocycles. The first-order valence-electron chi connectivity index (χ1n) is 10.2. The van der Waals surface area contributed by atoms with Crippen molar-refractivity contribution in [2.75, 3.05) is 17.3 Å². The average molecular weight is 447 g/mol. The van der Waals surface area contributed by atoms with Crippen LogP contribution in [0.5, 0.6) is 5.75 Å². The van der Waals surface area contributed by atoms with Gasteiger partial charge in [0.05, 0.1) is 18.0 Å². The van der Waals surface area contributed by atoms with Gasteiger partial charge in [-0.05, 0) is 35.1 Å². The summed E-state index contributed by atoms with van der Waals surface area (Å²) in [4.78, 5) is 17.4. The molecular formula is C24H34N2O2S2. The number of rotatable bonds is 8. The molecule has 0 saturated carbocycles. The number of phenols is 1. The number of aromatic hydroxyl groups is 1. The van der Waals surface area contributed by atoms with E-state index in [0.717, 1.165) is 28.3 Å². The van der Waals surface area contributed by atoms with E-state index in [-0.39, 0.29) is 16.7 Å². The molecular weight excluding hydrogens is 412 g/mol. The van der Waals surface area contributed by atoms with E-state index in [0.29, 0.717) is 18.0 Å². The summed E-state index contributed by atoms with van der Waals surface area (Å²) in [6.07, 6.45) is 1.73. The van der Waals surface area contributed by atoms with Crippen LogP contribution >= 0.6 is 23.5 Å². The van der Waals surface area contributed by atoms with Crippen LogP contribution in [0.2, 0.25) is 0 Å². The molecule has 1 aromatic heterocycles. The summed E-state index contributed by atoms with van der Waals surface area (Å²) >= 11 is 3.41. The zero-order valence-corrected chi connectivity index (χ0v) is 20.5. The number of benzene rings is 1. The summed E-state index contributed by atoms with van der Waals surface area (Å²) in [5, 5.41) is 13.7. The van der Waals surface area contributed by atoms with Gasteiger partial charge in [-0.1, -0.05) is 47.6 Å². The normalized spacial score (nSPS) is 12.1. The van der Waals surface area contributed by atoms with Gasteiger partial charge in [-0.15, -0.1) is 11.8 Å². The van der Waals surface area contributed by atoms with E-state index in [1.165, 1.54) is 4.90 Å². The first kappa shape index (κ1) is 24.6. The highest BCUT2D eigenvalue weighted by atomic mass is 32.2. The molecule has 6 heteroatoms. The predicted octanol–water partition coefficient (Wildman–Crippen LogP) is 5.52. The lowest BCUT2D eigenvalue weighted by atomic mass is 9.79. The molecule has 1 aromatic carbocycles. The Balaban J connectivity index is 1.86. The van der Waals surface area contributed by atoms with Gasteiger partial charge in [0, 0.05) is 33.7 Å². The van der Waals surface area contributed by atoms with E-state index in [2.05, 4.69) is 64.0 Å². The van der Waals surface area contributed by atoms with Crippen molar-refractivity contribution in [3.63, 3.8) is 0 Å². The van der Waals surface area contributed by atoms with Crippen LogP contribution in [0.15, 0.2) is 41.4 Å². The Morgan fingerprint density at radius 1 is 1.03 bits per heavy atom. The van der Waals surface area contributed by atoms with Crippen LogP contribution < -0.4 is 5.32 Å². The maximum absolute atomic E-state index is 12.0. The standard InChI is InChI=1S/C24H34N2O2S2/c1-23(2,3)19-13-18(14-20(22(19)28)24(4,5)6)30-12-11-29-16-21(27)26-15-17-9-7-8-10-25-17/h7-10,13-14,28H,11-12,15-16H2,1-6H3,(H,26,27). The van der Waals surface area contributed by atoms with Gasteiger partial charge in [-0.3, -0.25) is 9.78 Å². The summed E-state index contributed by atoms with van der Waals surface area (Å²) in [5.74, 6) is 2.70. The molecule has 0 aliphatic carbocycles. The van der Waals surface area contributed by atoms with E-state index in [1.807, 2.05) is 18.2 Å². The van der Waals surface area contributed by atoms with E-state index >= 15 is 0 Å². The number of nitrogens with one attached hydrogen (secondary N) is 1. The van der Waals surface area contributed by atoms with Gasteiger partial charge < -0.3 is 10.4 Å². The van der Waals surface area contributed by atoms with E-state index in [4.69, 9.17) is 0 Å². The van der Waals surface area contributed by atoms with Crippen LogP contribution in [-0.4, -0.2) is 33.3 Å². The lowest BCUT2D eigenvalue weighted by Crippen LogP contribution is -2.25. The highest BCUT2D eigenvalue weighted by Gasteiger charge is 2.26. The molecule has 0 atom stereocenters. The highest BCUT2D eigenvalue weighted by Crippen LogP contribution is 2.41. The van der Waals surface area contributed by atoms with Crippen molar-refractivity contribution >= 4 is 29.4 Å². The lowest BCUT2D eigenvalue weighted by molar-refractivity contribution is -0.118. The third-order valence-electron chi connectivity index (χ3n) is 4.62. The van der Waals surface area contributed by atoms with Gasteiger partial charge >= 0.3 is 0 Å². The number of aromatic nitrogens is 1. The molecule has 0 fully saturated rings. The number of hydrogen-bond acceptors (Lipinski definition) is 5. The van der Waals surface area contributed by atoms with Crippen LogP contribution in [0.25, 0.3) is 0 Å². The van der Waals surface area contributed by atoms with Crippen LogP contribution in [-0.2, 0) is 22.2 Å². The predicted molar refractivity (Wildman–Crippen MR) is 130 cm³/mol. The molecule has 2 N–H and O–H groups in total. The molecule has 0 bridgehead atoms. The van der Waals surface area contributed by atoms with Crippen molar-refractivity contribution in [1.29, 1.82) is 0 Å². The molecule has 30 heavy (non-hydrogen) atoms. The molecule has 0 saturated heterocycles. The summed E-state index contributed by atoms with van der Waals surface area (Å²) in [6.45, 7) is 13.2. The minimum absolute atomic E-state index is 0.0327. The molecule has 2 aromatic rings. The topological polar surface area (TPSA) is 62.2 Å². The molecule has 4 nitrogen and oxygen atoms in total. The Morgan fingerprint density at radius 2 is 1.67 bits per heavy atom. The minimum Gasteiger partial charge on any atom is -0.507 e. The van der Waals surface area contributed by atoms with Gasteiger partial charge in [0.2, 0.25) is 5.91 Å². The number of phenolic OH excluding ortho intramolecular Hbond substituents is 1. The van der Waals surface area contributed by atoms with E-state index in [1.54, 1.807) is 29.7 Å². The maximum atomic E-state index is 12.0. The number of amides is 1. The molecule has 2 rings (SSSR count). The number of pyridine rings is 1. The summed E-state index contributed by atoms with van der Waals surface area (Å²) in [6, 6.07) is 9.90. The van der Waals surface area contributed by atoms with Gasteiger partial charge in [0.25, 0.3) is 0 Å². The van der Waals surface area contributed by atoms with E-state index in [9.17, 15) is 9.90 Å². The van der Waals surface area contributed by atoms with Crippen molar-refractivity contribution in [2.45, 2.75) is 63.8 Å². The second-order valence-corrected chi connectivity index (χ2v) is 11.6. The number of hydrogen-bond donors (Lipinski definition) is 2. The van der Waals surface area contributed by atoms with Crippen LogP contribution in [0.3, 0.4) is 0 Å². The molecule has 0 spiro atoms. The Labute approximate surface area is 189 Å². The first-order chi connectivity index (χ1) is 14.0. The number of nitrogens with zero attached hydrogens (tertiary/aromatic N) is 1. The van der Waals surface area contributed by atoms with Crippen LogP contribution in [0.1, 0.15) is 58.4 Å². The fourth-order valence-electron chi connectivity index (χ4n) is 2.96. The van der Waals surface area contributed by atoms with Gasteiger partial charge in [0.1, 0.15) is 5.75 Å². The summed E-state index contributed by atoms with van der Waals surface area (Å²) in [7, 11) is 0. The third-order valence-corrected chi connectivity index (χ3v) is 6.82. The third kappa shape index (κ3) is 7.55. The smallest absolute Gasteiger partial charge is 0.230 e. The first-order valence-corrected chi connectivity index (χ1v) is 12.4. The van der Waals surface area contributed by atoms with Crippen molar-refractivity contribution in [3.05, 3.63) is 53.3 Å². The summed E-state index contributed by atoms with van der Waals surface area (Å²) < 4.78 is 0. The molecule has 0 aliphatic heterocycles. The van der Waals surface area contributed by atoms with Crippen molar-refractivity contribution < 1.29 is 9.90 Å². The van der Waals surface area contributed by atoms with Crippen LogP contribution in [0, 0.1) is 0 Å². The Kier molecular flexibility index (Phi) is 8.68. The number of carbonyl (C=O) groups is 1. The summed E-state index contributed by atoms with van der Waals surface area (Å²) in [5.41, 5.74) is 2.59.